The van der Waals surface area contributed by atoms with Crippen molar-refractivity contribution < 1.29 is 12.8 Å². The van der Waals surface area contributed by atoms with E-state index < -0.39 is 10.0 Å². The van der Waals surface area contributed by atoms with Crippen LogP contribution in [0.25, 0.3) is 0 Å². The molecule has 1 aliphatic rings. The van der Waals surface area contributed by atoms with Crippen molar-refractivity contribution in [3.63, 3.8) is 0 Å². The van der Waals surface area contributed by atoms with E-state index in [4.69, 9.17) is 4.42 Å². The van der Waals surface area contributed by atoms with Crippen molar-refractivity contribution in [2.75, 3.05) is 12.3 Å². The van der Waals surface area contributed by atoms with Gasteiger partial charge in [0.15, 0.2) is 0 Å². The third kappa shape index (κ3) is 2.31. The minimum absolute atomic E-state index is 0.264. The second-order valence-electron chi connectivity index (χ2n) is 4.17. The van der Waals surface area contributed by atoms with E-state index in [1.165, 1.54) is 4.31 Å². The van der Waals surface area contributed by atoms with Crippen molar-refractivity contribution >= 4 is 21.8 Å². The minimum Gasteiger partial charge on any atom is -0.467 e. The molecule has 19 heavy (non-hydrogen) atoms. The average molecular weight is 295 g/mol. The highest BCUT2D eigenvalue weighted by atomic mass is 32.2. The standard InChI is InChI=1S/C13H13NO3S2/c15-19(16,11-5-2-1-3-6-11)14-8-10-18-13(14)12-7-4-9-17-12/h1-7,9,13H,8,10H2. The lowest BCUT2D eigenvalue weighted by molar-refractivity contribution is 0.383. The molecule has 0 spiro atoms. The fourth-order valence-electron chi connectivity index (χ4n) is 2.08. The monoisotopic (exact) mass is 295 g/mol. The smallest absolute Gasteiger partial charge is 0.244 e. The maximum absolute atomic E-state index is 12.6. The van der Waals surface area contributed by atoms with Crippen LogP contribution in [0, 0.1) is 0 Å². The molecule has 1 aliphatic heterocycles. The SMILES string of the molecule is O=S(=O)(c1ccccc1)N1CCSC1c1ccco1. The lowest BCUT2D eigenvalue weighted by Gasteiger charge is -2.21. The largest absolute Gasteiger partial charge is 0.467 e. The molecule has 2 aromatic rings. The summed E-state index contributed by atoms with van der Waals surface area (Å²) in [5, 5.41) is -0.264. The van der Waals surface area contributed by atoms with Crippen LogP contribution in [-0.4, -0.2) is 25.0 Å². The molecule has 3 rings (SSSR count). The van der Waals surface area contributed by atoms with Crippen molar-refractivity contribution in [1.82, 2.24) is 4.31 Å². The number of nitrogens with zero attached hydrogens (tertiary/aromatic N) is 1. The summed E-state index contributed by atoms with van der Waals surface area (Å²) in [7, 11) is -3.46. The third-order valence-electron chi connectivity index (χ3n) is 2.99. The third-order valence-corrected chi connectivity index (χ3v) is 6.22. The van der Waals surface area contributed by atoms with E-state index in [1.807, 2.05) is 12.1 Å². The highest BCUT2D eigenvalue weighted by Gasteiger charge is 2.38. The van der Waals surface area contributed by atoms with E-state index in [0.717, 1.165) is 5.75 Å². The van der Waals surface area contributed by atoms with E-state index in [2.05, 4.69) is 0 Å². The highest BCUT2D eigenvalue weighted by molar-refractivity contribution is 8.00. The van der Waals surface area contributed by atoms with Gasteiger partial charge in [-0.25, -0.2) is 8.42 Å². The number of thioether (sulfide) groups is 1. The number of benzene rings is 1. The predicted molar refractivity (Wildman–Crippen MR) is 74.2 cm³/mol. The molecule has 1 atom stereocenters. The van der Waals surface area contributed by atoms with Crippen molar-refractivity contribution in [1.29, 1.82) is 0 Å². The maximum atomic E-state index is 12.6. The molecule has 0 aliphatic carbocycles. The van der Waals surface area contributed by atoms with Gasteiger partial charge in [0.2, 0.25) is 10.0 Å². The van der Waals surface area contributed by atoms with Gasteiger partial charge in [-0.05, 0) is 24.3 Å². The van der Waals surface area contributed by atoms with Gasteiger partial charge in [-0.3, -0.25) is 0 Å². The molecule has 6 heteroatoms. The van der Waals surface area contributed by atoms with Crippen molar-refractivity contribution in [2.45, 2.75) is 10.3 Å². The summed E-state index contributed by atoms with van der Waals surface area (Å²) >= 11 is 1.58. The first kappa shape index (κ1) is 12.8. The first-order valence-corrected chi connectivity index (χ1v) is 8.40. The van der Waals surface area contributed by atoms with E-state index in [1.54, 1.807) is 48.4 Å². The van der Waals surface area contributed by atoms with Gasteiger partial charge in [-0.15, -0.1) is 11.8 Å². The van der Waals surface area contributed by atoms with E-state index >= 15 is 0 Å². The van der Waals surface area contributed by atoms with Crippen LogP contribution in [0.3, 0.4) is 0 Å². The van der Waals surface area contributed by atoms with Gasteiger partial charge in [0.05, 0.1) is 11.2 Å². The molecular formula is C13H13NO3S2. The minimum atomic E-state index is -3.46. The number of furan rings is 1. The molecule has 1 saturated heterocycles. The molecule has 0 radical (unpaired) electrons. The van der Waals surface area contributed by atoms with Gasteiger partial charge in [0.25, 0.3) is 0 Å². The predicted octanol–water partition coefficient (Wildman–Crippen LogP) is 2.72. The Hall–Kier alpha value is -1.24. The molecule has 1 unspecified atom stereocenters. The molecule has 0 bridgehead atoms. The Morgan fingerprint density at radius 1 is 1.16 bits per heavy atom. The summed E-state index contributed by atoms with van der Waals surface area (Å²) in [5.41, 5.74) is 0. The first-order chi connectivity index (χ1) is 9.19. The van der Waals surface area contributed by atoms with Crippen LogP contribution in [0.1, 0.15) is 11.1 Å². The second-order valence-corrected chi connectivity index (χ2v) is 7.25. The highest BCUT2D eigenvalue weighted by Crippen LogP contribution is 2.41. The summed E-state index contributed by atoms with van der Waals surface area (Å²) in [5.74, 6) is 1.46. The van der Waals surface area contributed by atoms with Gasteiger partial charge >= 0.3 is 0 Å². The van der Waals surface area contributed by atoms with Gasteiger partial charge in [0, 0.05) is 12.3 Å². The molecule has 0 amide bonds. The van der Waals surface area contributed by atoms with Crippen LogP contribution in [0.2, 0.25) is 0 Å². The Morgan fingerprint density at radius 3 is 2.63 bits per heavy atom. The molecule has 100 valence electrons. The van der Waals surface area contributed by atoms with E-state index in [0.29, 0.717) is 17.2 Å². The fourth-order valence-corrected chi connectivity index (χ4v) is 5.28. The quantitative estimate of drug-likeness (QED) is 0.873. The summed E-state index contributed by atoms with van der Waals surface area (Å²) in [4.78, 5) is 0.328. The van der Waals surface area contributed by atoms with Gasteiger partial charge < -0.3 is 4.42 Å². The second kappa shape index (κ2) is 5.03. The lowest BCUT2D eigenvalue weighted by Crippen LogP contribution is -2.30. The molecule has 4 nitrogen and oxygen atoms in total. The number of hydrogen-bond acceptors (Lipinski definition) is 4. The lowest BCUT2D eigenvalue weighted by atomic mass is 10.4. The molecule has 0 saturated carbocycles. The molecule has 1 aromatic carbocycles. The van der Waals surface area contributed by atoms with Crippen LogP contribution < -0.4 is 0 Å². The Kier molecular flexibility index (Phi) is 3.38. The Balaban J connectivity index is 1.97. The Morgan fingerprint density at radius 2 is 1.95 bits per heavy atom. The topological polar surface area (TPSA) is 50.5 Å². The van der Waals surface area contributed by atoms with Gasteiger partial charge in [-0.2, -0.15) is 4.31 Å². The molecular weight excluding hydrogens is 282 g/mol. The summed E-state index contributed by atoms with van der Waals surface area (Å²) in [6.45, 7) is 0.507. The van der Waals surface area contributed by atoms with Gasteiger partial charge in [-0.1, -0.05) is 18.2 Å². The van der Waals surface area contributed by atoms with Crippen LogP contribution >= 0.6 is 11.8 Å². The van der Waals surface area contributed by atoms with Crippen LogP contribution in [-0.2, 0) is 10.0 Å². The summed E-state index contributed by atoms with van der Waals surface area (Å²) in [6.07, 6.45) is 1.57. The zero-order valence-electron chi connectivity index (χ0n) is 10.1. The normalized spacial score (nSPS) is 20.7. The van der Waals surface area contributed by atoms with Gasteiger partial charge in [0.1, 0.15) is 11.1 Å². The Bertz CT molecular complexity index is 638. The zero-order chi connectivity index (χ0) is 13.3. The van der Waals surface area contributed by atoms with Crippen LogP contribution in [0.4, 0.5) is 0 Å². The Labute approximate surface area is 116 Å². The first-order valence-electron chi connectivity index (χ1n) is 5.91. The van der Waals surface area contributed by atoms with Crippen LogP contribution in [0.5, 0.6) is 0 Å². The number of rotatable bonds is 3. The molecule has 1 fully saturated rings. The van der Waals surface area contributed by atoms with E-state index in [-0.39, 0.29) is 5.37 Å². The zero-order valence-corrected chi connectivity index (χ0v) is 11.7. The summed E-state index contributed by atoms with van der Waals surface area (Å²) < 4.78 is 32.1. The number of sulfonamides is 1. The molecule has 2 heterocycles. The van der Waals surface area contributed by atoms with Crippen molar-refractivity contribution in [3.05, 3.63) is 54.5 Å². The molecule has 0 N–H and O–H groups in total. The molecule has 1 aromatic heterocycles. The number of hydrogen-bond donors (Lipinski definition) is 0. The van der Waals surface area contributed by atoms with E-state index in [9.17, 15) is 8.42 Å². The average Bonchev–Trinajstić information content (AvgIpc) is 3.10. The summed E-state index contributed by atoms with van der Waals surface area (Å²) in [6, 6.07) is 12.1. The van der Waals surface area contributed by atoms with Crippen molar-refractivity contribution in [3.8, 4) is 0 Å². The maximum Gasteiger partial charge on any atom is 0.244 e. The fraction of sp³-hybridized carbons (Fsp3) is 0.231. The van der Waals surface area contributed by atoms with Crippen LogP contribution in [0.15, 0.2) is 58.0 Å². The van der Waals surface area contributed by atoms with Crippen molar-refractivity contribution in [2.24, 2.45) is 0 Å².